The number of nitrogens with one attached hydrogen (secondary N) is 1. The normalized spacial score (nSPS) is 12.7. The number of amides is 2. The number of rotatable bonds is 10. The Kier molecular flexibility index (Phi) is 8.90. The van der Waals surface area contributed by atoms with E-state index in [4.69, 9.17) is 4.74 Å². The highest BCUT2D eigenvalue weighted by molar-refractivity contribution is 5.88. The summed E-state index contributed by atoms with van der Waals surface area (Å²) in [5.74, 6) is 0.319. The number of benzene rings is 2. The van der Waals surface area contributed by atoms with Gasteiger partial charge in [0.25, 0.3) is 5.91 Å². The smallest absolute Gasteiger partial charge is 0.261 e. The maximum absolute atomic E-state index is 13.0. The Morgan fingerprint density at radius 3 is 2.37 bits per heavy atom. The molecule has 5 heteroatoms. The topological polar surface area (TPSA) is 58.6 Å². The third-order valence-electron chi connectivity index (χ3n) is 5.49. The highest BCUT2D eigenvalue weighted by Gasteiger charge is 2.26. The maximum atomic E-state index is 13.0. The lowest BCUT2D eigenvalue weighted by Gasteiger charge is -2.29. The van der Waals surface area contributed by atoms with Crippen LogP contribution in [0.5, 0.6) is 5.75 Å². The standard InChI is InChI=1S/C25H34N2O3/c1-6-20(4)26-25(29)21(5)27(15-14-22-10-8-7-9-11-22)24(28)17-30-23-13-12-18(2)19(3)16-23/h7-13,16,20-21H,6,14-15,17H2,1-5H3,(H,26,29)/t20-,21-/m0/s1. The van der Waals surface area contributed by atoms with Gasteiger partial charge < -0.3 is 15.0 Å². The zero-order valence-electron chi connectivity index (χ0n) is 18.8. The van der Waals surface area contributed by atoms with Gasteiger partial charge in [-0.1, -0.05) is 43.3 Å². The van der Waals surface area contributed by atoms with Crippen molar-refractivity contribution in [2.75, 3.05) is 13.2 Å². The molecule has 0 aliphatic heterocycles. The van der Waals surface area contributed by atoms with Crippen molar-refractivity contribution in [1.29, 1.82) is 0 Å². The van der Waals surface area contributed by atoms with E-state index in [-0.39, 0.29) is 24.5 Å². The number of carbonyl (C=O) groups excluding carboxylic acids is 2. The second-order valence-corrected chi connectivity index (χ2v) is 7.85. The molecule has 0 spiro atoms. The van der Waals surface area contributed by atoms with Crippen LogP contribution in [0, 0.1) is 13.8 Å². The molecule has 0 saturated heterocycles. The molecule has 162 valence electrons. The van der Waals surface area contributed by atoms with Gasteiger partial charge in [-0.15, -0.1) is 0 Å². The SMILES string of the molecule is CC[C@H](C)NC(=O)[C@H](C)N(CCc1ccccc1)C(=O)COc1ccc(C)c(C)c1. The minimum absolute atomic E-state index is 0.0674. The zero-order chi connectivity index (χ0) is 22.1. The lowest BCUT2D eigenvalue weighted by Crippen LogP contribution is -2.51. The fourth-order valence-corrected chi connectivity index (χ4v) is 3.07. The molecule has 0 aromatic heterocycles. The highest BCUT2D eigenvalue weighted by atomic mass is 16.5. The quantitative estimate of drug-likeness (QED) is 0.643. The van der Waals surface area contributed by atoms with Gasteiger partial charge in [0.15, 0.2) is 6.61 Å². The Labute approximate surface area is 180 Å². The largest absolute Gasteiger partial charge is 0.484 e. The Bertz CT molecular complexity index is 836. The summed E-state index contributed by atoms with van der Waals surface area (Å²) in [7, 11) is 0. The maximum Gasteiger partial charge on any atom is 0.261 e. The predicted molar refractivity (Wildman–Crippen MR) is 121 cm³/mol. The van der Waals surface area contributed by atoms with Crippen molar-refractivity contribution in [3.05, 3.63) is 65.2 Å². The molecule has 0 saturated carbocycles. The summed E-state index contributed by atoms with van der Waals surface area (Å²) in [4.78, 5) is 27.3. The van der Waals surface area contributed by atoms with Gasteiger partial charge in [0.2, 0.25) is 5.91 Å². The van der Waals surface area contributed by atoms with Crippen molar-refractivity contribution in [1.82, 2.24) is 10.2 Å². The molecular formula is C25H34N2O3. The Balaban J connectivity index is 2.08. The Morgan fingerprint density at radius 2 is 1.73 bits per heavy atom. The molecule has 2 rings (SSSR count). The minimum Gasteiger partial charge on any atom is -0.484 e. The van der Waals surface area contributed by atoms with Gasteiger partial charge in [-0.05, 0) is 69.4 Å². The summed E-state index contributed by atoms with van der Waals surface area (Å²) in [5, 5.41) is 2.98. The van der Waals surface area contributed by atoms with Gasteiger partial charge in [0.1, 0.15) is 11.8 Å². The lowest BCUT2D eigenvalue weighted by molar-refractivity contribution is -0.141. The third-order valence-corrected chi connectivity index (χ3v) is 5.49. The molecule has 0 aliphatic rings. The second kappa shape index (κ2) is 11.4. The fourth-order valence-electron chi connectivity index (χ4n) is 3.07. The van der Waals surface area contributed by atoms with Crippen LogP contribution in [0.1, 0.15) is 43.9 Å². The van der Waals surface area contributed by atoms with E-state index < -0.39 is 6.04 Å². The average Bonchev–Trinajstić information content (AvgIpc) is 2.75. The molecule has 0 bridgehead atoms. The Hall–Kier alpha value is -2.82. The van der Waals surface area contributed by atoms with Gasteiger partial charge in [0, 0.05) is 12.6 Å². The van der Waals surface area contributed by atoms with Crippen molar-refractivity contribution in [2.24, 2.45) is 0 Å². The molecule has 0 aliphatic carbocycles. The van der Waals surface area contributed by atoms with Crippen LogP contribution in [0.4, 0.5) is 0 Å². The third kappa shape index (κ3) is 6.90. The first-order valence-corrected chi connectivity index (χ1v) is 10.7. The van der Waals surface area contributed by atoms with Crippen LogP contribution in [0.2, 0.25) is 0 Å². The van der Waals surface area contributed by atoms with Gasteiger partial charge in [0.05, 0.1) is 0 Å². The fraction of sp³-hybridized carbons (Fsp3) is 0.440. The highest BCUT2D eigenvalue weighted by Crippen LogP contribution is 2.17. The summed E-state index contributed by atoms with van der Waals surface area (Å²) < 4.78 is 5.75. The van der Waals surface area contributed by atoms with Crippen molar-refractivity contribution >= 4 is 11.8 Å². The van der Waals surface area contributed by atoms with E-state index in [1.807, 2.05) is 76.2 Å². The minimum atomic E-state index is -0.571. The molecule has 30 heavy (non-hydrogen) atoms. The zero-order valence-corrected chi connectivity index (χ0v) is 18.8. The summed E-state index contributed by atoms with van der Waals surface area (Å²) in [6, 6.07) is 15.2. The summed E-state index contributed by atoms with van der Waals surface area (Å²) in [5.41, 5.74) is 3.41. The van der Waals surface area contributed by atoms with Gasteiger partial charge in [-0.3, -0.25) is 9.59 Å². The van der Waals surface area contributed by atoms with E-state index in [9.17, 15) is 9.59 Å². The number of aryl methyl sites for hydroxylation is 2. The number of ether oxygens (including phenoxy) is 1. The number of carbonyl (C=O) groups is 2. The molecule has 2 atom stereocenters. The van der Waals surface area contributed by atoms with E-state index in [1.54, 1.807) is 11.8 Å². The van der Waals surface area contributed by atoms with Crippen LogP contribution >= 0.6 is 0 Å². The van der Waals surface area contributed by atoms with Crippen LogP contribution < -0.4 is 10.1 Å². The summed E-state index contributed by atoms with van der Waals surface area (Å²) >= 11 is 0. The van der Waals surface area contributed by atoms with E-state index in [2.05, 4.69) is 5.32 Å². The Morgan fingerprint density at radius 1 is 1.03 bits per heavy atom. The van der Waals surface area contributed by atoms with Crippen molar-refractivity contribution in [2.45, 2.75) is 59.5 Å². The molecule has 0 heterocycles. The summed E-state index contributed by atoms with van der Waals surface area (Å²) in [6.07, 6.45) is 1.52. The first-order valence-electron chi connectivity index (χ1n) is 10.7. The van der Waals surface area contributed by atoms with Crippen LogP contribution in [-0.2, 0) is 16.0 Å². The van der Waals surface area contributed by atoms with Crippen LogP contribution in [-0.4, -0.2) is 41.9 Å². The predicted octanol–water partition coefficient (Wildman–Crippen LogP) is 4.06. The number of hydrogen-bond donors (Lipinski definition) is 1. The van der Waals surface area contributed by atoms with E-state index in [1.165, 1.54) is 5.56 Å². The molecule has 2 aromatic rings. The molecule has 0 unspecified atom stereocenters. The molecule has 2 aromatic carbocycles. The molecule has 2 amide bonds. The second-order valence-electron chi connectivity index (χ2n) is 7.85. The van der Waals surface area contributed by atoms with Crippen molar-refractivity contribution < 1.29 is 14.3 Å². The molecule has 1 N–H and O–H groups in total. The van der Waals surface area contributed by atoms with Gasteiger partial charge >= 0.3 is 0 Å². The van der Waals surface area contributed by atoms with Gasteiger partial charge in [-0.25, -0.2) is 0 Å². The molecular weight excluding hydrogens is 376 g/mol. The van der Waals surface area contributed by atoms with Crippen LogP contribution in [0.3, 0.4) is 0 Å². The van der Waals surface area contributed by atoms with E-state index >= 15 is 0 Å². The molecule has 5 nitrogen and oxygen atoms in total. The average molecular weight is 411 g/mol. The van der Waals surface area contributed by atoms with Crippen molar-refractivity contribution in [3.8, 4) is 5.75 Å². The first-order chi connectivity index (χ1) is 14.3. The van der Waals surface area contributed by atoms with E-state index in [0.29, 0.717) is 18.7 Å². The van der Waals surface area contributed by atoms with Crippen LogP contribution in [0.15, 0.2) is 48.5 Å². The number of hydrogen-bond acceptors (Lipinski definition) is 3. The van der Waals surface area contributed by atoms with Gasteiger partial charge in [-0.2, -0.15) is 0 Å². The summed E-state index contributed by atoms with van der Waals surface area (Å²) in [6.45, 7) is 10.2. The molecule has 0 radical (unpaired) electrons. The van der Waals surface area contributed by atoms with E-state index in [0.717, 1.165) is 17.5 Å². The first kappa shape index (κ1) is 23.5. The number of nitrogens with zero attached hydrogens (tertiary/aromatic N) is 1. The monoisotopic (exact) mass is 410 g/mol. The lowest BCUT2D eigenvalue weighted by atomic mass is 10.1. The van der Waals surface area contributed by atoms with Crippen LogP contribution in [0.25, 0.3) is 0 Å². The molecule has 0 fully saturated rings. The van der Waals surface area contributed by atoms with Crippen molar-refractivity contribution in [3.63, 3.8) is 0 Å².